The lowest BCUT2D eigenvalue weighted by Gasteiger charge is -2.39. The summed E-state index contributed by atoms with van der Waals surface area (Å²) in [7, 11) is 1.40. The number of nitrogens with one attached hydrogen (secondary N) is 1. The summed E-state index contributed by atoms with van der Waals surface area (Å²) in [4.78, 5) is 38.5. The Labute approximate surface area is 216 Å². The Morgan fingerprint density at radius 1 is 1.16 bits per heavy atom. The smallest absolute Gasteiger partial charge is 0.255 e. The number of anilines is 1. The maximum absolute atomic E-state index is 13.6. The Morgan fingerprint density at radius 3 is 2.45 bits per heavy atom. The molecule has 1 aliphatic carbocycles. The number of carbonyl (C=O) groups is 3. The van der Waals surface area contributed by atoms with Crippen molar-refractivity contribution in [1.29, 1.82) is 0 Å². The van der Waals surface area contributed by atoms with Gasteiger partial charge in [0.2, 0.25) is 5.91 Å². The number of methoxy groups -OCH3 is 1. The summed E-state index contributed by atoms with van der Waals surface area (Å²) in [6.45, 7) is 0.797. The van der Waals surface area contributed by atoms with E-state index in [0.717, 1.165) is 11.6 Å². The lowest BCUT2D eigenvalue weighted by molar-refractivity contribution is -0.139. The van der Waals surface area contributed by atoms with E-state index in [4.69, 9.17) is 16.2 Å². The molecule has 1 aliphatic heterocycles. The minimum absolute atomic E-state index is 0.0695. The zero-order chi connectivity index (χ0) is 27.1. The van der Waals surface area contributed by atoms with E-state index >= 15 is 0 Å². The first-order chi connectivity index (χ1) is 18.2. The Bertz CT molecular complexity index is 1420. The van der Waals surface area contributed by atoms with E-state index in [9.17, 15) is 23.2 Å². The number of hydrogen-bond acceptors (Lipinski definition) is 6. The maximum Gasteiger partial charge on any atom is 0.255 e. The zero-order valence-electron chi connectivity index (χ0n) is 20.5. The topological polar surface area (TPSA) is 146 Å². The standard InChI is InChI=1S/C26H26F2N6O4/c1-38-20-7-6-15(27)8-18(20)25(36)31-10-13-2-4-14(5-3-13)22-21(24(30)35)23(29)34(32-22)16-11-33(12-16)26(37)17-9-19(17)28/h2-8,16-17,19H,9-12,29H2,1H3,(H2,30,35)(H,31,36)/t17-,19+/m0/s1. The molecule has 5 N–H and O–H groups in total. The van der Waals surface area contributed by atoms with Gasteiger partial charge in [0.25, 0.3) is 11.8 Å². The van der Waals surface area contributed by atoms with Gasteiger partial charge >= 0.3 is 0 Å². The van der Waals surface area contributed by atoms with E-state index in [1.807, 2.05) is 0 Å². The van der Waals surface area contributed by atoms with Crippen LogP contribution in [-0.2, 0) is 11.3 Å². The number of hydrogen-bond donors (Lipinski definition) is 3. The lowest BCUT2D eigenvalue weighted by Crippen LogP contribution is -2.52. The first-order valence-corrected chi connectivity index (χ1v) is 12.0. The monoisotopic (exact) mass is 524 g/mol. The van der Waals surface area contributed by atoms with Gasteiger partial charge in [-0.15, -0.1) is 0 Å². The van der Waals surface area contributed by atoms with E-state index in [1.165, 1.54) is 23.9 Å². The Morgan fingerprint density at radius 2 is 1.84 bits per heavy atom. The number of nitrogens with two attached hydrogens (primary N) is 2. The molecule has 0 radical (unpaired) electrons. The van der Waals surface area contributed by atoms with Crippen LogP contribution >= 0.6 is 0 Å². The molecule has 10 nitrogen and oxygen atoms in total. The number of likely N-dealkylation sites (tertiary alicyclic amines) is 1. The van der Waals surface area contributed by atoms with Gasteiger partial charge in [-0.25, -0.2) is 13.5 Å². The summed E-state index contributed by atoms with van der Waals surface area (Å²) in [6.07, 6.45) is -0.803. The molecule has 12 heteroatoms. The van der Waals surface area contributed by atoms with Crippen molar-refractivity contribution in [3.05, 3.63) is 65.0 Å². The number of primary amides is 1. The molecule has 2 aromatic carbocycles. The molecular formula is C26H26F2N6O4. The number of rotatable bonds is 8. The molecule has 2 fully saturated rings. The van der Waals surface area contributed by atoms with Crippen molar-refractivity contribution in [3.63, 3.8) is 0 Å². The highest BCUT2D eigenvalue weighted by atomic mass is 19.1. The summed E-state index contributed by atoms with van der Waals surface area (Å²) >= 11 is 0. The number of carbonyl (C=O) groups excluding carboxylic acids is 3. The molecule has 1 aromatic heterocycles. The van der Waals surface area contributed by atoms with Crippen LogP contribution in [0.25, 0.3) is 11.3 Å². The van der Waals surface area contributed by atoms with Crippen LogP contribution in [0.5, 0.6) is 5.75 Å². The molecule has 0 bridgehead atoms. The second-order valence-electron chi connectivity index (χ2n) is 9.40. The second-order valence-corrected chi connectivity index (χ2v) is 9.40. The molecule has 0 unspecified atom stereocenters. The number of nitrogen functional groups attached to an aromatic ring is 1. The predicted molar refractivity (Wildman–Crippen MR) is 133 cm³/mol. The minimum atomic E-state index is -1.06. The van der Waals surface area contributed by atoms with Gasteiger partial charge in [0.05, 0.1) is 24.6 Å². The van der Waals surface area contributed by atoms with Crippen molar-refractivity contribution in [2.75, 3.05) is 25.9 Å². The zero-order valence-corrected chi connectivity index (χ0v) is 20.5. The Balaban J connectivity index is 1.29. The van der Waals surface area contributed by atoms with E-state index in [1.54, 1.807) is 29.2 Å². The van der Waals surface area contributed by atoms with E-state index in [-0.39, 0.29) is 47.6 Å². The van der Waals surface area contributed by atoms with Crippen molar-refractivity contribution in [3.8, 4) is 17.0 Å². The third kappa shape index (κ3) is 4.64. The van der Waals surface area contributed by atoms with E-state index in [2.05, 4.69) is 10.4 Å². The molecule has 3 aromatic rings. The number of ether oxygens (including phenoxy) is 1. The summed E-state index contributed by atoms with van der Waals surface area (Å²) in [6, 6.07) is 10.4. The number of nitrogens with zero attached hydrogens (tertiary/aromatic N) is 3. The summed E-state index contributed by atoms with van der Waals surface area (Å²) < 4.78 is 33.4. The molecule has 1 saturated heterocycles. The first-order valence-electron chi connectivity index (χ1n) is 12.0. The van der Waals surface area contributed by atoms with Gasteiger partial charge in [0.15, 0.2) is 0 Å². The minimum Gasteiger partial charge on any atom is -0.496 e. The fourth-order valence-electron chi connectivity index (χ4n) is 4.53. The Kier molecular flexibility index (Phi) is 6.47. The molecule has 198 valence electrons. The van der Waals surface area contributed by atoms with Crippen molar-refractivity contribution in [2.24, 2.45) is 11.7 Å². The fourth-order valence-corrected chi connectivity index (χ4v) is 4.53. The quantitative estimate of drug-likeness (QED) is 0.411. The van der Waals surface area contributed by atoms with Gasteiger partial charge in [-0.3, -0.25) is 14.4 Å². The van der Waals surface area contributed by atoms with Gasteiger partial charge in [-0.1, -0.05) is 24.3 Å². The molecule has 2 heterocycles. The van der Waals surface area contributed by atoms with Crippen LogP contribution < -0.4 is 21.5 Å². The van der Waals surface area contributed by atoms with Gasteiger partial charge < -0.3 is 26.4 Å². The SMILES string of the molecule is COc1ccc(F)cc1C(=O)NCc1ccc(-c2nn(C3CN(C(=O)[C@H]4C[C@H]4F)C3)c(N)c2C(N)=O)cc1. The highest BCUT2D eigenvalue weighted by Gasteiger charge is 2.48. The molecule has 3 amide bonds. The van der Waals surface area contributed by atoms with E-state index < -0.39 is 29.7 Å². The maximum atomic E-state index is 13.6. The largest absolute Gasteiger partial charge is 0.496 e. The van der Waals surface area contributed by atoms with Crippen LogP contribution in [0.2, 0.25) is 0 Å². The number of halogens is 2. The molecule has 2 atom stereocenters. The van der Waals surface area contributed by atoms with Gasteiger partial charge in [-0.05, 0) is 30.2 Å². The van der Waals surface area contributed by atoms with Crippen molar-refractivity contribution < 1.29 is 27.9 Å². The highest BCUT2D eigenvalue weighted by Crippen LogP contribution is 2.39. The predicted octanol–water partition coefficient (Wildman–Crippen LogP) is 2.05. The van der Waals surface area contributed by atoms with Crippen molar-refractivity contribution >= 4 is 23.5 Å². The number of aromatic nitrogens is 2. The van der Waals surface area contributed by atoms with Crippen LogP contribution in [0.15, 0.2) is 42.5 Å². The fraction of sp³-hybridized carbons (Fsp3) is 0.308. The Hall–Kier alpha value is -4.48. The molecule has 5 rings (SSSR count). The average Bonchev–Trinajstić information content (AvgIpc) is 3.51. The molecular weight excluding hydrogens is 498 g/mol. The second kappa shape index (κ2) is 9.77. The molecule has 2 aliphatic rings. The average molecular weight is 525 g/mol. The lowest BCUT2D eigenvalue weighted by atomic mass is 10.0. The van der Waals surface area contributed by atoms with Crippen LogP contribution in [0.3, 0.4) is 0 Å². The molecule has 0 spiro atoms. The van der Waals surface area contributed by atoms with Crippen LogP contribution in [-0.4, -0.2) is 58.8 Å². The normalized spacial score (nSPS) is 18.6. The van der Waals surface area contributed by atoms with Gasteiger partial charge in [0, 0.05) is 25.2 Å². The summed E-state index contributed by atoms with van der Waals surface area (Å²) in [5.41, 5.74) is 13.6. The molecule has 1 saturated carbocycles. The third-order valence-electron chi connectivity index (χ3n) is 6.83. The van der Waals surface area contributed by atoms with Gasteiger partial charge in [-0.2, -0.15) is 5.10 Å². The highest BCUT2D eigenvalue weighted by molar-refractivity contribution is 6.03. The number of benzene rings is 2. The van der Waals surface area contributed by atoms with Crippen LogP contribution in [0, 0.1) is 11.7 Å². The number of amides is 3. The van der Waals surface area contributed by atoms with Crippen molar-refractivity contribution in [2.45, 2.75) is 25.2 Å². The van der Waals surface area contributed by atoms with Crippen LogP contribution in [0.4, 0.5) is 14.6 Å². The van der Waals surface area contributed by atoms with E-state index in [0.29, 0.717) is 24.3 Å². The summed E-state index contributed by atoms with van der Waals surface area (Å²) in [5.74, 6) is -2.21. The van der Waals surface area contributed by atoms with Crippen molar-refractivity contribution in [1.82, 2.24) is 20.0 Å². The molecule has 38 heavy (non-hydrogen) atoms. The summed E-state index contributed by atoms with van der Waals surface area (Å²) in [5, 5.41) is 7.25. The third-order valence-corrected chi connectivity index (χ3v) is 6.83. The number of alkyl halides is 1. The van der Waals surface area contributed by atoms with Crippen LogP contribution in [0.1, 0.15) is 38.7 Å². The van der Waals surface area contributed by atoms with Gasteiger partial charge in [0.1, 0.15) is 34.8 Å². The first kappa shape index (κ1) is 25.2.